The number of amides is 1. The number of benzene rings is 1. The topological polar surface area (TPSA) is 138 Å². The molecule has 3 atom stereocenters. The first-order valence-electron chi connectivity index (χ1n) is 12.4. The fraction of sp³-hybridized carbons (Fsp3) is 0.640. The average molecular weight is 506 g/mol. The largest absolute Gasteiger partial charge is 0.386 e. The van der Waals surface area contributed by atoms with Crippen molar-refractivity contribution in [1.29, 1.82) is 5.41 Å². The molecule has 1 aromatic carbocycles. The maximum Gasteiger partial charge on any atom is 0.240 e. The van der Waals surface area contributed by atoms with E-state index in [0.717, 1.165) is 36.8 Å². The number of nitrogens with two attached hydrogens (primary N) is 1. The van der Waals surface area contributed by atoms with Crippen molar-refractivity contribution in [3.8, 4) is 0 Å². The lowest BCUT2D eigenvalue weighted by Crippen LogP contribution is -2.62. The van der Waals surface area contributed by atoms with Crippen LogP contribution in [-0.4, -0.2) is 67.8 Å². The smallest absolute Gasteiger partial charge is 0.240 e. The van der Waals surface area contributed by atoms with Crippen LogP contribution in [0.4, 0.5) is 0 Å². The number of hydrogen-bond donors (Lipinski definition) is 3. The zero-order valence-corrected chi connectivity index (χ0v) is 21.8. The highest BCUT2D eigenvalue weighted by molar-refractivity contribution is 7.91. The van der Waals surface area contributed by atoms with Gasteiger partial charge in [0.2, 0.25) is 5.91 Å². The summed E-state index contributed by atoms with van der Waals surface area (Å²) < 4.78 is 30.5. The zero-order chi connectivity index (χ0) is 25.6. The van der Waals surface area contributed by atoms with E-state index in [1.807, 2.05) is 36.1 Å². The summed E-state index contributed by atoms with van der Waals surface area (Å²) in [6.45, 7) is 4.97. The Kier molecular flexibility index (Phi) is 9.29. The first-order chi connectivity index (χ1) is 16.6. The molecule has 2 aliphatic rings. The van der Waals surface area contributed by atoms with E-state index >= 15 is 0 Å². The van der Waals surface area contributed by atoms with Gasteiger partial charge in [0.25, 0.3) is 0 Å². The maximum atomic E-state index is 12.4. The van der Waals surface area contributed by atoms with Gasteiger partial charge in [-0.1, -0.05) is 50.5 Å². The number of sulfone groups is 1. The lowest BCUT2D eigenvalue weighted by atomic mass is 10.0. The molecule has 9 nitrogen and oxygen atoms in total. The van der Waals surface area contributed by atoms with Gasteiger partial charge < -0.3 is 20.7 Å². The van der Waals surface area contributed by atoms with Gasteiger partial charge in [-0.25, -0.2) is 13.4 Å². The van der Waals surface area contributed by atoms with Crippen LogP contribution in [0.25, 0.3) is 0 Å². The lowest BCUT2D eigenvalue weighted by Gasteiger charge is -2.36. The first-order valence-corrected chi connectivity index (χ1v) is 14.4. The third-order valence-corrected chi connectivity index (χ3v) is 8.00. The van der Waals surface area contributed by atoms with Crippen LogP contribution in [0.15, 0.2) is 29.3 Å². The van der Waals surface area contributed by atoms with Gasteiger partial charge in [0, 0.05) is 19.4 Å². The van der Waals surface area contributed by atoms with Crippen LogP contribution in [0.3, 0.4) is 0 Å². The third-order valence-electron chi connectivity index (χ3n) is 6.43. The molecule has 3 unspecified atom stereocenters. The van der Waals surface area contributed by atoms with Gasteiger partial charge in [0.05, 0.1) is 11.8 Å². The molecule has 1 aliphatic carbocycles. The predicted octanol–water partition coefficient (Wildman–Crippen LogP) is 2.24. The van der Waals surface area contributed by atoms with Gasteiger partial charge in [-0.3, -0.25) is 10.2 Å². The van der Waals surface area contributed by atoms with Crippen LogP contribution in [0.5, 0.6) is 0 Å². The number of hydrogen-bond acceptors (Lipinski definition) is 6. The van der Waals surface area contributed by atoms with E-state index in [-0.39, 0.29) is 23.5 Å². The lowest BCUT2D eigenvalue weighted by molar-refractivity contribution is -0.122. The van der Waals surface area contributed by atoms with E-state index in [1.165, 1.54) is 6.26 Å². The summed E-state index contributed by atoms with van der Waals surface area (Å²) in [5, 5.41) is 10.3. The van der Waals surface area contributed by atoms with Crippen molar-refractivity contribution < 1.29 is 17.9 Å². The highest BCUT2D eigenvalue weighted by Gasteiger charge is 2.34. The van der Waals surface area contributed by atoms with Gasteiger partial charge in [0.15, 0.2) is 9.84 Å². The van der Waals surface area contributed by atoms with Crippen LogP contribution < -0.4 is 11.1 Å². The number of aliphatic imine (C=N–C) groups is 1. The summed E-state index contributed by atoms with van der Waals surface area (Å²) in [5.74, 6) is 0.594. The second-order valence-corrected chi connectivity index (χ2v) is 12.1. The summed E-state index contributed by atoms with van der Waals surface area (Å²) in [6, 6.07) is 7.01. The number of nitrogens with zero attached hydrogens (tertiary/aromatic N) is 2. The maximum absolute atomic E-state index is 12.4. The van der Waals surface area contributed by atoms with Gasteiger partial charge in [-0.05, 0) is 43.2 Å². The number of ether oxygens (including phenoxy) is 1. The number of carbonyl (C=O) groups is 1. The molecule has 194 valence electrons. The molecule has 1 saturated carbocycles. The fourth-order valence-corrected chi connectivity index (χ4v) is 5.43. The van der Waals surface area contributed by atoms with Crippen LogP contribution in [0.2, 0.25) is 0 Å². The SMILES string of the molecule is CCCCOC(C)N=C1C(C(=N)N)NC(=O)CN1Cc1cccc(CC(CC2CC2)S(C)(=O)=O)c1. The molecule has 1 amide bonds. The minimum atomic E-state index is -3.15. The van der Waals surface area contributed by atoms with Gasteiger partial charge in [-0.2, -0.15) is 0 Å². The molecule has 0 radical (unpaired) electrons. The Bertz CT molecular complexity index is 1040. The predicted molar refractivity (Wildman–Crippen MR) is 138 cm³/mol. The minimum absolute atomic E-state index is 0.0855. The standard InChI is InChI=1S/C25H39N5O4S/c1-4-5-11-34-17(2)28-25-23(24(26)27)29-22(31)16-30(25)15-20-8-6-7-19(12-20)14-21(35(3,32)33)13-18-9-10-18/h6-8,12,17-18,21,23H,4-5,9-11,13-16H2,1-3H3,(H3,26,27)(H,29,31). The number of piperazine rings is 1. The summed E-state index contributed by atoms with van der Waals surface area (Å²) in [7, 11) is -3.15. The van der Waals surface area contributed by atoms with E-state index < -0.39 is 22.1 Å². The molecule has 1 saturated heterocycles. The molecule has 10 heteroatoms. The first kappa shape index (κ1) is 27.1. The zero-order valence-electron chi connectivity index (χ0n) is 21.0. The number of carbonyl (C=O) groups excluding carboxylic acids is 1. The van der Waals surface area contributed by atoms with Crippen molar-refractivity contribution in [2.75, 3.05) is 19.4 Å². The van der Waals surface area contributed by atoms with E-state index in [9.17, 15) is 13.2 Å². The van der Waals surface area contributed by atoms with Crippen molar-refractivity contribution >= 4 is 27.4 Å². The fourth-order valence-electron chi connectivity index (χ4n) is 4.31. The minimum Gasteiger partial charge on any atom is -0.386 e. The summed E-state index contributed by atoms with van der Waals surface area (Å²) in [5.41, 5.74) is 7.69. The molecule has 1 heterocycles. The molecular weight excluding hydrogens is 466 g/mol. The van der Waals surface area contributed by atoms with Crippen molar-refractivity contribution in [2.24, 2.45) is 16.6 Å². The van der Waals surface area contributed by atoms with Gasteiger partial charge in [0.1, 0.15) is 23.9 Å². The van der Waals surface area contributed by atoms with Crippen LogP contribution in [0.1, 0.15) is 57.1 Å². The molecule has 0 spiro atoms. The Balaban J connectivity index is 1.80. The normalized spacial score (nSPS) is 21.6. The average Bonchev–Trinajstić information content (AvgIpc) is 3.59. The Morgan fingerprint density at radius 3 is 2.69 bits per heavy atom. The van der Waals surface area contributed by atoms with Crippen LogP contribution in [-0.2, 0) is 32.3 Å². The number of amidine groups is 2. The summed E-state index contributed by atoms with van der Waals surface area (Å²) in [4.78, 5) is 18.9. The highest BCUT2D eigenvalue weighted by atomic mass is 32.2. The van der Waals surface area contributed by atoms with E-state index in [2.05, 4.69) is 17.2 Å². The van der Waals surface area contributed by atoms with Gasteiger partial charge >= 0.3 is 0 Å². The molecule has 4 N–H and O–H groups in total. The Labute approximate surface area is 208 Å². The Hall–Kier alpha value is -2.46. The molecule has 2 fully saturated rings. The summed E-state index contributed by atoms with van der Waals surface area (Å²) in [6.07, 6.45) is 6.23. The molecule has 0 bridgehead atoms. The molecule has 3 rings (SSSR count). The molecule has 1 aromatic rings. The van der Waals surface area contributed by atoms with Crippen molar-refractivity contribution in [1.82, 2.24) is 10.2 Å². The number of unbranched alkanes of at least 4 members (excludes halogenated alkanes) is 1. The van der Waals surface area contributed by atoms with Gasteiger partial charge in [-0.15, -0.1) is 0 Å². The molecule has 1 aliphatic heterocycles. The number of nitrogens with one attached hydrogen (secondary N) is 2. The van der Waals surface area contributed by atoms with E-state index in [1.54, 1.807) is 0 Å². The van der Waals surface area contributed by atoms with Crippen molar-refractivity contribution in [3.63, 3.8) is 0 Å². The monoisotopic (exact) mass is 505 g/mol. The molecule has 0 aromatic heterocycles. The molecule has 35 heavy (non-hydrogen) atoms. The van der Waals surface area contributed by atoms with Crippen molar-refractivity contribution in [3.05, 3.63) is 35.4 Å². The Morgan fingerprint density at radius 1 is 1.34 bits per heavy atom. The van der Waals surface area contributed by atoms with Crippen LogP contribution >= 0.6 is 0 Å². The third kappa shape index (κ3) is 8.31. The van der Waals surface area contributed by atoms with Crippen LogP contribution in [0, 0.1) is 11.3 Å². The molecular formula is C25H39N5O4S. The quantitative estimate of drug-likeness (QED) is 0.214. The Morgan fingerprint density at radius 2 is 2.06 bits per heavy atom. The highest BCUT2D eigenvalue weighted by Crippen LogP contribution is 2.36. The summed E-state index contributed by atoms with van der Waals surface area (Å²) >= 11 is 0. The van der Waals surface area contributed by atoms with E-state index in [0.29, 0.717) is 37.7 Å². The second-order valence-electron chi connectivity index (χ2n) is 9.78. The van der Waals surface area contributed by atoms with Crippen molar-refractivity contribution in [2.45, 2.75) is 76.4 Å². The van der Waals surface area contributed by atoms with E-state index in [4.69, 9.17) is 15.9 Å². The number of rotatable bonds is 13. The second kappa shape index (κ2) is 12.0.